The Morgan fingerprint density at radius 1 is 0.861 bits per heavy atom. The summed E-state index contributed by atoms with van der Waals surface area (Å²) in [7, 11) is 3.31. The minimum atomic E-state index is -0.897. The van der Waals surface area contributed by atoms with Gasteiger partial charge in [0.15, 0.2) is 0 Å². The molecule has 7 heteroatoms. The van der Waals surface area contributed by atoms with Gasteiger partial charge < -0.3 is 23.9 Å². The highest BCUT2D eigenvalue weighted by Crippen LogP contribution is 2.42. The summed E-state index contributed by atoms with van der Waals surface area (Å²) >= 11 is 0. The van der Waals surface area contributed by atoms with Gasteiger partial charge in [0.1, 0.15) is 23.3 Å². The molecule has 1 aliphatic heterocycles. The van der Waals surface area contributed by atoms with Crippen molar-refractivity contribution < 1.29 is 18.9 Å². The van der Waals surface area contributed by atoms with E-state index in [1.165, 1.54) is 0 Å². The molecular weight excluding hydrogens is 456 g/mol. The molecule has 0 unspecified atom stereocenters. The van der Waals surface area contributed by atoms with Crippen molar-refractivity contribution in [3.8, 4) is 11.5 Å². The van der Waals surface area contributed by atoms with E-state index in [-0.39, 0.29) is 18.0 Å². The lowest BCUT2D eigenvalue weighted by Gasteiger charge is -2.37. The zero-order valence-corrected chi connectivity index (χ0v) is 20.4. The van der Waals surface area contributed by atoms with Crippen LogP contribution in [0, 0.1) is 0 Å². The maximum absolute atomic E-state index is 12.1. The molecule has 0 radical (unpaired) electrons. The lowest BCUT2D eigenvalue weighted by molar-refractivity contribution is -0.0770. The maximum atomic E-state index is 12.1. The van der Waals surface area contributed by atoms with E-state index in [1.807, 2.05) is 66.7 Å². The summed E-state index contributed by atoms with van der Waals surface area (Å²) in [6, 6.07) is 26.1. The van der Waals surface area contributed by atoms with Crippen molar-refractivity contribution in [1.82, 2.24) is 9.55 Å². The third kappa shape index (κ3) is 4.55. The van der Waals surface area contributed by atoms with Gasteiger partial charge in [-0.15, -0.1) is 0 Å². The van der Waals surface area contributed by atoms with Gasteiger partial charge in [-0.05, 0) is 53.8 Å². The van der Waals surface area contributed by atoms with Gasteiger partial charge in [0, 0.05) is 12.4 Å². The Balaban J connectivity index is 1.53. The number of ether oxygens (including phenoxy) is 4. The summed E-state index contributed by atoms with van der Waals surface area (Å²) < 4.78 is 25.6. The average molecular weight is 487 g/mol. The van der Waals surface area contributed by atoms with Crippen molar-refractivity contribution in [2.24, 2.45) is 0 Å². The molecule has 1 aliphatic rings. The second-order valence-electron chi connectivity index (χ2n) is 8.78. The summed E-state index contributed by atoms with van der Waals surface area (Å²) in [5.41, 5.74) is 1.87. The number of methoxy groups -OCH3 is 2. The van der Waals surface area contributed by atoms with Crippen molar-refractivity contribution in [3.05, 3.63) is 118 Å². The number of hydrogen-bond acceptors (Lipinski definition) is 5. The first-order valence-electron chi connectivity index (χ1n) is 12.0. The lowest BCUT2D eigenvalue weighted by Crippen LogP contribution is -2.36. The highest BCUT2D eigenvalue weighted by molar-refractivity contribution is 5.49. The van der Waals surface area contributed by atoms with E-state index in [0.717, 1.165) is 41.0 Å². The average Bonchev–Trinajstić information content (AvgIpc) is 3.59. The van der Waals surface area contributed by atoms with Gasteiger partial charge in [0.2, 0.25) is 0 Å². The van der Waals surface area contributed by atoms with Crippen LogP contribution in [0.2, 0.25) is 0 Å². The summed E-state index contributed by atoms with van der Waals surface area (Å²) in [5.74, 6) is 1.55. The van der Waals surface area contributed by atoms with Crippen LogP contribution in [0.5, 0.6) is 11.5 Å². The zero-order chi connectivity index (χ0) is 25.0. The number of nitrogens with zero attached hydrogens (tertiary/aromatic N) is 1. The molecule has 186 valence electrons. The van der Waals surface area contributed by atoms with Crippen LogP contribution in [0.25, 0.3) is 0 Å². The summed E-state index contributed by atoms with van der Waals surface area (Å²) in [6.07, 6.45) is 4.43. The first-order chi connectivity index (χ1) is 17.6. The van der Waals surface area contributed by atoms with E-state index in [1.54, 1.807) is 31.2 Å². The second kappa shape index (κ2) is 10.4. The van der Waals surface area contributed by atoms with Gasteiger partial charge in [-0.1, -0.05) is 54.6 Å². The lowest BCUT2D eigenvalue weighted by atomic mass is 9.80. The number of rotatable bonds is 9. The SMILES string of the molecule is COc1ccc(C(OC[C@H]2CC[C@H](n3cc[nH]c3=O)O2)(c2ccccc2)c2ccc(OC)cc2)cc1. The number of aromatic nitrogens is 2. The van der Waals surface area contributed by atoms with Gasteiger partial charge in [0.25, 0.3) is 0 Å². The summed E-state index contributed by atoms with van der Waals surface area (Å²) in [5, 5.41) is 0. The number of imidazole rings is 1. The predicted octanol–water partition coefficient (Wildman–Crippen LogP) is 4.88. The first-order valence-corrected chi connectivity index (χ1v) is 12.0. The molecule has 2 heterocycles. The third-order valence-corrected chi connectivity index (χ3v) is 6.73. The molecule has 0 spiro atoms. The molecule has 1 aromatic heterocycles. The molecule has 36 heavy (non-hydrogen) atoms. The highest BCUT2D eigenvalue weighted by atomic mass is 16.6. The topological polar surface area (TPSA) is 74.7 Å². The Labute approximate surface area is 210 Å². The van der Waals surface area contributed by atoms with Crippen LogP contribution in [-0.2, 0) is 15.1 Å². The molecule has 3 aromatic carbocycles. The van der Waals surface area contributed by atoms with Crippen molar-refractivity contribution in [1.29, 1.82) is 0 Å². The van der Waals surface area contributed by atoms with Gasteiger partial charge in [-0.2, -0.15) is 0 Å². The fourth-order valence-corrected chi connectivity index (χ4v) is 4.86. The minimum Gasteiger partial charge on any atom is -0.497 e. The number of aromatic amines is 1. The monoisotopic (exact) mass is 486 g/mol. The maximum Gasteiger partial charge on any atom is 0.327 e. The molecule has 5 rings (SSSR count). The van der Waals surface area contributed by atoms with Gasteiger partial charge in [0.05, 0.1) is 26.9 Å². The van der Waals surface area contributed by atoms with Crippen LogP contribution >= 0.6 is 0 Å². The Kier molecular flexibility index (Phi) is 6.93. The quantitative estimate of drug-likeness (QED) is 0.341. The van der Waals surface area contributed by atoms with E-state index in [0.29, 0.717) is 6.61 Å². The van der Waals surface area contributed by atoms with Crippen LogP contribution in [0.15, 0.2) is 96.1 Å². The fraction of sp³-hybridized carbons (Fsp3) is 0.276. The van der Waals surface area contributed by atoms with E-state index in [9.17, 15) is 4.79 Å². The normalized spacial score (nSPS) is 17.7. The van der Waals surface area contributed by atoms with E-state index < -0.39 is 5.60 Å². The molecule has 0 saturated carbocycles. The molecule has 4 aromatic rings. The van der Waals surface area contributed by atoms with Crippen molar-refractivity contribution in [2.75, 3.05) is 20.8 Å². The molecule has 0 aliphatic carbocycles. The Bertz CT molecular complexity index is 1260. The van der Waals surface area contributed by atoms with Crippen LogP contribution in [0.4, 0.5) is 0 Å². The minimum absolute atomic E-state index is 0.156. The summed E-state index contributed by atoms with van der Waals surface area (Å²) in [6.45, 7) is 0.350. The van der Waals surface area contributed by atoms with Crippen LogP contribution in [-0.4, -0.2) is 36.5 Å². The number of benzene rings is 3. The molecule has 7 nitrogen and oxygen atoms in total. The number of H-pyrrole nitrogens is 1. The first kappa shape index (κ1) is 23.9. The zero-order valence-electron chi connectivity index (χ0n) is 20.4. The molecule has 1 saturated heterocycles. The molecule has 0 amide bonds. The van der Waals surface area contributed by atoms with Crippen LogP contribution < -0.4 is 15.2 Å². The molecule has 0 bridgehead atoms. The fourth-order valence-electron chi connectivity index (χ4n) is 4.86. The number of nitrogens with one attached hydrogen (secondary N) is 1. The molecule has 1 fully saturated rings. The second-order valence-corrected chi connectivity index (χ2v) is 8.78. The third-order valence-electron chi connectivity index (χ3n) is 6.73. The molecule has 1 N–H and O–H groups in total. The standard InChI is InChI=1S/C29H30N2O5/c1-33-24-12-8-22(9-13-24)29(21-6-4-3-5-7-21,23-10-14-25(34-2)15-11-23)35-20-26-16-17-27(36-26)31-19-18-30-28(31)32/h3-15,18-19,26-27H,16-17,20H2,1-2H3,(H,30,32)/t26-,27-/m1/s1. The summed E-state index contributed by atoms with van der Waals surface area (Å²) in [4.78, 5) is 14.7. The Hall–Kier alpha value is -3.81. The van der Waals surface area contributed by atoms with Gasteiger partial charge in [-0.25, -0.2) is 4.79 Å². The van der Waals surface area contributed by atoms with Crippen LogP contribution in [0.1, 0.15) is 35.8 Å². The van der Waals surface area contributed by atoms with Crippen molar-refractivity contribution in [2.45, 2.75) is 30.8 Å². The van der Waals surface area contributed by atoms with E-state index >= 15 is 0 Å². The molecule has 2 atom stereocenters. The number of hydrogen-bond donors (Lipinski definition) is 1. The Morgan fingerprint density at radius 3 is 1.97 bits per heavy atom. The Morgan fingerprint density at radius 2 is 1.44 bits per heavy atom. The van der Waals surface area contributed by atoms with Crippen molar-refractivity contribution >= 4 is 0 Å². The van der Waals surface area contributed by atoms with Crippen molar-refractivity contribution in [3.63, 3.8) is 0 Å². The highest BCUT2D eigenvalue weighted by Gasteiger charge is 2.39. The molecular formula is C29H30N2O5. The van der Waals surface area contributed by atoms with Gasteiger partial charge in [-0.3, -0.25) is 4.57 Å². The van der Waals surface area contributed by atoms with E-state index in [4.69, 9.17) is 18.9 Å². The van der Waals surface area contributed by atoms with Crippen LogP contribution in [0.3, 0.4) is 0 Å². The predicted molar refractivity (Wildman–Crippen MR) is 136 cm³/mol. The van der Waals surface area contributed by atoms with E-state index in [2.05, 4.69) is 17.1 Å². The van der Waals surface area contributed by atoms with Gasteiger partial charge >= 0.3 is 5.69 Å². The largest absolute Gasteiger partial charge is 0.497 e. The smallest absolute Gasteiger partial charge is 0.327 e.